The van der Waals surface area contributed by atoms with Crippen LogP contribution in [0.25, 0.3) is 33.4 Å². The molecular weight excluding hydrogens is 1420 g/mol. The van der Waals surface area contributed by atoms with Crippen molar-refractivity contribution in [2.75, 3.05) is 6.26 Å². The molecule has 0 amide bonds. The smallest absolute Gasteiger partial charge is 0.506 e. The van der Waals surface area contributed by atoms with Gasteiger partial charge >= 0.3 is 42.6 Å². The first kappa shape index (κ1) is 77.6. The van der Waals surface area contributed by atoms with Crippen LogP contribution in [0.15, 0.2) is 65.2 Å². The van der Waals surface area contributed by atoms with Gasteiger partial charge in [0.2, 0.25) is 0 Å². The zero-order valence-electron chi connectivity index (χ0n) is 37.0. The van der Waals surface area contributed by atoms with Gasteiger partial charge in [0, 0.05) is 35.3 Å². The van der Waals surface area contributed by atoms with Crippen molar-refractivity contribution >= 4 is 132 Å². The number of aryl methyl sites for hydroxylation is 2. The van der Waals surface area contributed by atoms with E-state index in [9.17, 15) is 94.3 Å². The lowest BCUT2D eigenvalue weighted by atomic mass is 10.2. The molecule has 6 aromatic rings. The summed E-state index contributed by atoms with van der Waals surface area (Å²) < 4.78 is 177. The minimum Gasteiger partial charge on any atom is -0.506 e. The Bertz CT molecular complexity index is 3960. The number of aromatic nitrogens is 6. The van der Waals surface area contributed by atoms with Crippen molar-refractivity contribution in [2.45, 2.75) is 66.3 Å². The van der Waals surface area contributed by atoms with Crippen LogP contribution in [0.5, 0.6) is 11.5 Å². The van der Waals surface area contributed by atoms with Crippen LogP contribution in [0.4, 0.5) is 35.1 Å². The summed E-state index contributed by atoms with van der Waals surface area (Å²) in [5.41, 5.74) is -19.3. The number of aromatic hydroxyl groups is 1. The highest BCUT2D eigenvalue weighted by atomic mass is 127. The fourth-order valence-corrected chi connectivity index (χ4v) is 8.98. The molecule has 0 aliphatic rings. The summed E-state index contributed by atoms with van der Waals surface area (Å²) in [6.45, 7) is 2.32. The summed E-state index contributed by atoms with van der Waals surface area (Å²) in [5.74, 6) is -3.36. The molecule has 0 aliphatic heterocycles. The first-order valence-corrected chi connectivity index (χ1v) is 26.5. The Hall–Kier alpha value is -4.60. The standard InChI is InChI=1S/C17H12F4IN3O6S.C16H13FIN3O4.C2H3F3O5S2.CHCl3.5CH4/c1-7-12(31-32(29,30)17(19,20)21)11-13(23(2)14(7)26)25(16(28)24(3)15(11)27)10-5-4-8(22)6-9(10)18;1-7-12(22)11-13(19(2)14(7)23)21(16(25)20(3)15(11)24)10-5-4-8(18)6-9(10)17;1-11(6,7)10-12(8,9)2(3,4)5;2-1(3)4;;;;;/h4-6H,1-3H3;4-6,22H,1-3H3;1H3;1H;5*1H4. The molecular formula is C41H49Cl3F8I2N6O15S3. The third-order valence-electron chi connectivity index (χ3n) is 9.18. The summed E-state index contributed by atoms with van der Waals surface area (Å²) >= 11 is 18.1. The van der Waals surface area contributed by atoms with Gasteiger partial charge in [0.25, 0.3) is 32.4 Å². The zero-order valence-corrected chi connectivity index (χ0v) is 46.1. The number of nitrogens with zero attached hydrogens (tertiary/aromatic N) is 6. The highest BCUT2D eigenvalue weighted by Crippen LogP contribution is 2.32. The molecule has 4 heterocycles. The molecule has 0 unspecified atom stereocenters. The summed E-state index contributed by atoms with van der Waals surface area (Å²) in [6, 6.07) is 7.79. The Morgan fingerprint density at radius 1 is 0.564 bits per heavy atom. The molecule has 0 radical (unpaired) electrons. The Morgan fingerprint density at radius 3 is 1.19 bits per heavy atom. The lowest BCUT2D eigenvalue weighted by molar-refractivity contribution is -0.0503. The van der Waals surface area contributed by atoms with Gasteiger partial charge in [0.1, 0.15) is 39.5 Å². The van der Waals surface area contributed by atoms with E-state index in [4.69, 9.17) is 34.8 Å². The molecule has 0 fully saturated rings. The van der Waals surface area contributed by atoms with Gasteiger partial charge in [-0.05, 0) is 95.4 Å². The molecule has 0 saturated heterocycles. The number of halogens is 13. The second-order valence-electron chi connectivity index (χ2n) is 14.1. The van der Waals surface area contributed by atoms with E-state index in [2.05, 4.69) is 7.81 Å². The number of hydrogen-bond acceptors (Lipinski definition) is 15. The van der Waals surface area contributed by atoms with Crippen LogP contribution >= 0.6 is 80.0 Å². The van der Waals surface area contributed by atoms with E-state index in [0.717, 1.165) is 51.4 Å². The Kier molecular flexibility index (Phi) is 28.1. The van der Waals surface area contributed by atoms with Crippen LogP contribution in [-0.4, -0.2) is 79.3 Å². The van der Waals surface area contributed by atoms with Gasteiger partial charge < -0.3 is 9.29 Å². The molecule has 1 N–H and O–H groups in total. The molecule has 0 bridgehead atoms. The number of alkyl halides is 9. The number of pyridine rings is 2. The van der Waals surface area contributed by atoms with Gasteiger partial charge in [-0.2, -0.15) is 51.6 Å². The SMILES string of the molecule is C.C.C.C.C.CS(=O)(=O)OS(=O)(=O)C(F)(F)F.Cc1c(O)c2c(=O)n(C)c(=O)n(-c3ccc(I)cc3F)c2n(C)c1=O.Cc1c(OS(=O)(=O)C(F)(F)F)c2c(=O)n(C)c(=O)n(-c3ccc(I)cc3F)c2n(C)c1=O.ClC(Cl)Cl. The summed E-state index contributed by atoms with van der Waals surface area (Å²) in [4.78, 5) is 75.8. The van der Waals surface area contributed by atoms with E-state index < -0.39 is 125 Å². The number of hydrogen-bond donors (Lipinski definition) is 1. The van der Waals surface area contributed by atoms with E-state index >= 15 is 0 Å². The lowest BCUT2D eigenvalue weighted by Crippen LogP contribution is -2.41. The number of benzene rings is 2. The molecule has 4 aromatic heterocycles. The van der Waals surface area contributed by atoms with E-state index in [-0.39, 0.29) is 65.7 Å². The highest BCUT2D eigenvalue weighted by molar-refractivity contribution is 14.1. The van der Waals surface area contributed by atoms with Gasteiger partial charge in [-0.15, -0.1) is 3.63 Å². The Balaban J connectivity index is -0.00000109. The predicted octanol–water partition coefficient (Wildman–Crippen LogP) is 7.79. The first-order valence-electron chi connectivity index (χ1n) is 18.4. The lowest BCUT2D eigenvalue weighted by Gasteiger charge is -2.19. The van der Waals surface area contributed by atoms with Crippen molar-refractivity contribution in [3.63, 3.8) is 0 Å². The first-order chi connectivity index (χ1) is 32.9. The van der Waals surface area contributed by atoms with Crippen molar-refractivity contribution in [1.82, 2.24) is 27.4 Å². The molecule has 442 valence electrons. The summed E-state index contributed by atoms with van der Waals surface area (Å²) in [6.07, 6.45) is 0.191. The van der Waals surface area contributed by atoms with Crippen LogP contribution < -0.4 is 37.8 Å². The predicted molar refractivity (Wildman–Crippen MR) is 298 cm³/mol. The fraction of sp³-hybridized carbons (Fsp3) is 0.366. The average Bonchev–Trinajstić information content (AvgIpc) is 3.23. The molecule has 0 atom stereocenters. The largest absolute Gasteiger partial charge is 0.534 e. The fourth-order valence-electron chi connectivity index (χ4n) is 5.94. The van der Waals surface area contributed by atoms with Crippen LogP contribution in [0, 0.1) is 32.6 Å². The van der Waals surface area contributed by atoms with Gasteiger partial charge in [-0.1, -0.05) is 71.9 Å². The average molecular weight is 1470 g/mol. The molecule has 78 heavy (non-hydrogen) atoms. The molecule has 0 spiro atoms. The van der Waals surface area contributed by atoms with Crippen molar-refractivity contribution in [3.05, 3.63) is 129 Å². The maximum Gasteiger partial charge on any atom is 0.534 e. The van der Waals surface area contributed by atoms with E-state index in [0.29, 0.717) is 16.3 Å². The molecule has 2 aromatic carbocycles. The molecule has 37 heteroatoms. The molecule has 21 nitrogen and oxygen atoms in total. The van der Waals surface area contributed by atoms with Crippen LogP contribution in [0.2, 0.25) is 0 Å². The maximum absolute atomic E-state index is 14.7. The summed E-state index contributed by atoms with van der Waals surface area (Å²) in [7, 11) is -12.4. The van der Waals surface area contributed by atoms with Crippen molar-refractivity contribution < 1.29 is 73.3 Å². The van der Waals surface area contributed by atoms with Crippen molar-refractivity contribution in [3.8, 4) is 22.9 Å². The Labute approximate surface area is 481 Å². The van der Waals surface area contributed by atoms with E-state index in [1.807, 2.05) is 22.6 Å². The third-order valence-corrected chi connectivity index (χ3v) is 13.8. The van der Waals surface area contributed by atoms with Crippen molar-refractivity contribution in [1.29, 1.82) is 0 Å². The van der Waals surface area contributed by atoms with Gasteiger partial charge in [-0.3, -0.25) is 37.4 Å². The minimum atomic E-state index is -6.28. The topological polar surface area (TPSA) is 273 Å². The summed E-state index contributed by atoms with van der Waals surface area (Å²) in [5, 5.41) is 9.25. The highest BCUT2D eigenvalue weighted by Gasteiger charge is 2.50. The van der Waals surface area contributed by atoms with Crippen molar-refractivity contribution in [2.24, 2.45) is 28.2 Å². The van der Waals surface area contributed by atoms with Gasteiger partial charge in [-0.25, -0.2) is 27.5 Å². The number of fused-ring (bicyclic) bond motifs is 2. The van der Waals surface area contributed by atoms with Gasteiger partial charge in [0.15, 0.2) is 10.0 Å². The molecule has 0 saturated carbocycles. The normalized spacial score (nSPS) is 11.4. The van der Waals surface area contributed by atoms with Gasteiger partial charge in [0.05, 0.1) is 28.8 Å². The van der Waals surface area contributed by atoms with Crippen LogP contribution in [0.1, 0.15) is 48.3 Å². The van der Waals surface area contributed by atoms with E-state index in [1.165, 1.54) is 39.2 Å². The molecule has 6 rings (SSSR count). The maximum atomic E-state index is 14.7. The number of rotatable bonds is 6. The van der Waals surface area contributed by atoms with E-state index in [1.54, 1.807) is 28.7 Å². The minimum absolute atomic E-state index is 0. The second-order valence-corrected chi connectivity index (χ2v) is 23.4. The van der Waals surface area contributed by atoms with Crippen LogP contribution in [-0.2, 0) is 62.2 Å². The zero-order chi connectivity index (χ0) is 56.7. The quantitative estimate of drug-likeness (QED) is 0.0548. The Morgan fingerprint density at radius 2 is 0.885 bits per heavy atom. The second kappa shape index (κ2) is 28.2. The third kappa shape index (κ3) is 16.5. The van der Waals surface area contributed by atoms with Crippen LogP contribution in [0.3, 0.4) is 0 Å². The molecule has 0 aliphatic carbocycles. The monoisotopic (exact) mass is 1470 g/mol.